The van der Waals surface area contributed by atoms with E-state index in [9.17, 15) is 0 Å². The van der Waals surface area contributed by atoms with Gasteiger partial charge in [-0.15, -0.1) is 0 Å². The molecular formula is C10H11Cl. The Morgan fingerprint density at radius 2 is 2.18 bits per heavy atom. The molecule has 0 aliphatic heterocycles. The van der Waals surface area contributed by atoms with Crippen LogP contribution in [0, 0.1) is 0 Å². The quantitative estimate of drug-likeness (QED) is 0.596. The fourth-order valence-corrected chi connectivity index (χ4v) is 1.09. The van der Waals surface area contributed by atoms with Crippen LogP contribution in [0.3, 0.4) is 0 Å². The molecule has 0 spiro atoms. The van der Waals surface area contributed by atoms with Crippen LogP contribution >= 0.6 is 11.6 Å². The second-order valence-corrected chi connectivity index (χ2v) is 2.92. The number of rotatable bonds is 1. The molecule has 0 aliphatic carbocycles. The van der Waals surface area contributed by atoms with Gasteiger partial charge in [0.2, 0.25) is 0 Å². The van der Waals surface area contributed by atoms with Crippen molar-refractivity contribution in [2.24, 2.45) is 0 Å². The smallest absolute Gasteiger partial charge is 0.0412 e. The summed E-state index contributed by atoms with van der Waals surface area (Å²) in [6.07, 6.45) is 2.08. The summed E-state index contributed by atoms with van der Waals surface area (Å²) < 4.78 is 0. The Hall–Kier alpha value is -0.750. The van der Waals surface area contributed by atoms with Crippen molar-refractivity contribution in [2.75, 3.05) is 0 Å². The highest BCUT2D eigenvalue weighted by Gasteiger charge is 1.93. The van der Waals surface area contributed by atoms with Crippen LogP contribution in [0.4, 0.5) is 0 Å². The fraction of sp³-hybridized carbons (Fsp3) is 0.200. The lowest BCUT2D eigenvalue weighted by Gasteiger charge is -1.99. The van der Waals surface area contributed by atoms with Gasteiger partial charge in [0, 0.05) is 5.02 Å². The van der Waals surface area contributed by atoms with Crippen LogP contribution < -0.4 is 0 Å². The molecule has 0 nitrogen and oxygen atoms in total. The van der Waals surface area contributed by atoms with Crippen molar-refractivity contribution in [3.05, 3.63) is 40.9 Å². The molecule has 0 aliphatic rings. The third-order valence-electron chi connectivity index (χ3n) is 1.71. The van der Waals surface area contributed by atoms with Gasteiger partial charge in [0.25, 0.3) is 0 Å². The molecule has 0 heterocycles. The number of hydrogen-bond acceptors (Lipinski definition) is 0. The number of halogens is 1. The van der Waals surface area contributed by atoms with Gasteiger partial charge in [-0.2, -0.15) is 0 Å². The van der Waals surface area contributed by atoms with E-state index in [0.717, 1.165) is 5.02 Å². The highest BCUT2D eigenvalue weighted by Crippen LogP contribution is 2.17. The standard InChI is InChI=1S/C10H11Cl/c1-3-8(2)9-5-4-6-10(11)7-9/h3-7H,1-2H3/b8-3+. The molecule has 0 amide bonds. The Kier molecular flexibility index (Phi) is 2.72. The molecule has 1 aromatic carbocycles. The maximum atomic E-state index is 5.82. The first-order chi connectivity index (χ1) is 5.24. The molecule has 0 atom stereocenters. The third kappa shape index (κ3) is 2.09. The van der Waals surface area contributed by atoms with Crippen molar-refractivity contribution in [1.29, 1.82) is 0 Å². The van der Waals surface area contributed by atoms with Gasteiger partial charge in [-0.3, -0.25) is 0 Å². The SMILES string of the molecule is C/C=C(\C)c1cccc(Cl)c1. The first kappa shape index (κ1) is 8.35. The monoisotopic (exact) mass is 166 g/mol. The Labute approximate surface area is 72.5 Å². The largest absolute Gasteiger partial charge is 0.0843 e. The van der Waals surface area contributed by atoms with Gasteiger partial charge < -0.3 is 0 Å². The topological polar surface area (TPSA) is 0 Å². The predicted octanol–water partition coefficient (Wildman–Crippen LogP) is 3.76. The Morgan fingerprint density at radius 1 is 1.45 bits per heavy atom. The Bertz CT molecular complexity index is 274. The van der Waals surface area contributed by atoms with Crippen LogP contribution in [0.1, 0.15) is 19.4 Å². The zero-order valence-electron chi connectivity index (χ0n) is 6.76. The predicted molar refractivity (Wildman–Crippen MR) is 50.8 cm³/mol. The second-order valence-electron chi connectivity index (χ2n) is 2.48. The lowest BCUT2D eigenvalue weighted by Crippen LogP contribution is -1.77. The summed E-state index contributed by atoms with van der Waals surface area (Å²) in [4.78, 5) is 0. The minimum absolute atomic E-state index is 0.795. The molecule has 0 saturated heterocycles. The molecule has 0 unspecified atom stereocenters. The van der Waals surface area contributed by atoms with Crippen molar-refractivity contribution in [3.8, 4) is 0 Å². The molecule has 0 bridgehead atoms. The van der Waals surface area contributed by atoms with Crippen LogP contribution in [-0.2, 0) is 0 Å². The molecule has 0 fully saturated rings. The number of benzene rings is 1. The molecule has 0 N–H and O–H groups in total. The summed E-state index contributed by atoms with van der Waals surface area (Å²) in [6, 6.07) is 7.87. The van der Waals surface area contributed by atoms with Crippen molar-refractivity contribution in [2.45, 2.75) is 13.8 Å². The Morgan fingerprint density at radius 3 is 2.73 bits per heavy atom. The molecule has 1 rings (SSSR count). The zero-order chi connectivity index (χ0) is 8.27. The van der Waals surface area contributed by atoms with Crippen LogP contribution in [0.15, 0.2) is 30.3 Å². The van der Waals surface area contributed by atoms with Crippen molar-refractivity contribution < 1.29 is 0 Å². The van der Waals surface area contributed by atoms with E-state index in [-0.39, 0.29) is 0 Å². The zero-order valence-corrected chi connectivity index (χ0v) is 7.52. The van der Waals surface area contributed by atoms with E-state index in [0.29, 0.717) is 0 Å². The molecule has 0 radical (unpaired) electrons. The number of hydrogen-bond donors (Lipinski definition) is 0. The normalized spacial score (nSPS) is 11.7. The lowest BCUT2D eigenvalue weighted by molar-refractivity contribution is 1.54. The molecule has 1 aromatic rings. The van der Waals surface area contributed by atoms with Gasteiger partial charge in [-0.1, -0.05) is 29.8 Å². The molecule has 0 aromatic heterocycles. The van der Waals surface area contributed by atoms with Crippen LogP contribution in [0.25, 0.3) is 5.57 Å². The minimum Gasteiger partial charge on any atom is -0.0843 e. The second kappa shape index (κ2) is 3.59. The summed E-state index contributed by atoms with van der Waals surface area (Å²) in [5.41, 5.74) is 2.45. The first-order valence-electron chi connectivity index (χ1n) is 3.63. The summed E-state index contributed by atoms with van der Waals surface area (Å²) >= 11 is 5.82. The fourth-order valence-electron chi connectivity index (χ4n) is 0.900. The molecule has 0 saturated carbocycles. The third-order valence-corrected chi connectivity index (χ3v) is 1.95. The van der Waals surface area contributed by atoms with E-state index >= 15 is 0 Å². The number of allylic oxidation sites excluding steroid dienone is 2. The van der Waals surface area contributed by atoms with Crippen molar-refractivity contribution in [1.82, 2.24) is 0 Å². The van der Waals surface area contributed by atoms with Gasteiger partial charge in [0.15, 0.2) is 0 Å². The Balaban J connectivity index is 3.06. The van der Waals surface area contributed by atoms with E-state index in [1.807, 2.05) is 25.1 Å². The van der Waals surface area contributed by atoms with E-state index in [1.54, 1.807) is 0 Å². The van der Waals surface area contributed by atoms with Gasteiger partial charge in [0.1, 0.15) is 0 Å². The van der Waals surface area contributed by atoms with Crippen molar-refractivity contribution >= 4 is 17.2 Å². The van der Waals surface area contributed by atoms with Crippen molar-refractivity contribution in [3.63, 3.8) is 0 Å². The van der Waals surface area contributed by atoms with Gasteiger partial charge in [0.05, 0.1) is 0 Å². The van der Waals surface area contributed by atoms with E-state index < -0.39 is 0 Å². The first-order valence-corrected chi connectivity index (χ1v) is 4.00. The average Bonchev–Trinajstić information content (AvgIpc) is 2.03. The average molecular weight is 167 g/mol. The summed E-state index contributed by atoms with van der Waals surface area (Å²) in [7, 11) is 0. The van der Waals surface area contributed by atoms with E-state index in [2.05, 4.69) is 19.1 Å². The van der Waals surface area contributed by atoms with Gasteiger partial charge >= 0.3 is 0 Å². The molecule has 1 heteroatoms. The van der Waals surface area contributed by atoms with Crippen LogP contribution in [-0.4, -0.2) is 0 Å². The van der Waals surface area contributed by atoms with Crippen LogP contribution in [0.2, 0.25) is 5.02 Å². The van der Waals surface area contributed by atoms with E-state index in [1.165, 1.54) is 11.1 Å². The summed E-state index contributed by atoms with van der Waals surface area (Å²) in [6.45, 7) is 4.10. The maximum absolute atomic E-state index is 5.82. The molecule has 58 valence electrons. The minimum atomic E-state index is 0.795. The summed E-state index contributed by atoms with van der Waals surface area (Å²) in [5, 5.41) is 0.795. The van der Waals surface area contributed by atoms with Gasteiger partial charge in [-0.05, 0) is 37.1 Å². The highest BCUT2D eigenvalue weighted by molar-refractivity contribution is 6.30. The molecule has 11 heavy (non-hydrogen) atoms. The van der Waals surface area contributed by atoms with Gasteiger partial charge in [-0.25, -0.2) is 0 Å². The summed E-state index contributed by atoms with van der Waals surface area (Å²) in [5.74, 6) is 0. The van der Waals surface area contributed by atoms with E-state index in [4.69, 9.17) is 11.6 Å². The van der Waals surface area contributed by atoms with Crippen LogP contribution in [0.5, 0.6) is 0 Å². The molecular weight excluding hydrogens is 156 g/mol. The highest BCUT2D eigenvalue weighted by atomic mass is 35.5. The maximum Gasteiger partial charge on any atom is 0.0412 e. The lowest BCUT2D eigenvalue weighted by atomic mass is 10.1.